The van der Waals surface area contributed by atoms with Gasteiger partial charge in [-0.1, -0.05) is 30.0 Å². The molecule has 0 atom stereocenters. The van der Waals surface area contributed by atoms with E-state index in [1.165, 1.54) is 28.6 Å². The van der Waals surface area contributed by atoms with Crippen LogP contribution in [0.15, 0.2) is 40.6 Å². The van der Waals surface area contributed by atoms with Crippen LogP contribution in [0.3, 0.4) is 0 Å². The van der Waals surface area contributed by atoms with Crippen molar-refractivity contribution in [3.63, 3.8) is 0 Å². The van der Waals surface area contributed by atoms with Crippen molar-refractivity contribution in [3.8, 4) is 5.69 Å². The molecule has 0 saturated carbocycles. The molecule has 6 nitrogen and oxygen atoms in total. The van der Waals surface area contributed by atoms with E-state index >= 15 is 0 Å². The van der Waals surface area contributed by atoms with Gasteiger partial charge in [-0.25, -0.2) is 9.97 Å². The molecule has 5 rings (SSSR count). The highest BCUT2D eigenvalue weighted by Gasteiger charge is 2.21. The third-order valence-electron chi connectivity index (χ3n) is 4.62. The number of thiophene rings is 1. The van der Waals surface area contributed by atoms with Gasteiger partial charge in [0.1, 0.15) is 16.5 Å². The van der Waals surface area contributed by atoms with Crippen molar-refractivity contribution < 1.29 is 0 Å². The Hall–Kier alpha value is -2.23. The predicted octanol–water partition coefficient (Wildman–Crippen LogP) is 3.54. The molecule has 0 bridgehead atoms. The Morgan fingerprint density at radius 3 is 2.85 bits per heavy atom. The highest BCUT2D eigenvalue weighted by molar-refractivity contribution is 7.98. The Bertz CT molecular complexity index is 1140. The van der Waals surface area contributed by atoms with Crippen molar-refractivity contribution in [2.75, 3.05) is 5.73 Å². The molecular weight excluding hydrogens is 396 g/mol. The maximum atomic E-state index is 6.26. The van der Waals surface area contributed by atoms with Crippen LogP contribution in [0.25, 0.3) is 15.9 Å². The van der Waals surface area contributed by atoms with Gasteiger partial charge in [0.05, 0.1) is 11.1 Å². The molecule has 27 heavy (non-hydrogen) atoms. The second-order valence-electron chi connectivity index (χ2n) is 6.29. The topological polar surface area (TPSA) is 82.5 Å². The minimum Gasteiger partial charge on any atom is -0.740 e. The van der Waals surface area contributed by atoms with E-state index in [4.69, 9.17) is 23.3 Å². The van der Waals surface area contributed by atoms with Crippen molar-refractivity contribution >= 4 is 51.8 Å². The van der Waals surface area contributed by atoms with Gasteiger partial charge in [-0.15, -0.1) is 16.4 Å². The summed E-state index contributed by atoms with van der Waals surface area (Å²) in [6, 6.07) is 9.88. The molecule has 1 aliphatic rings. The largest absolute Gasteiger partial charge is 0.740 e. The van der Waals surface area contributed by atoms with Gasteiger partial charge < -0.3 is 22.9 Å². The van der Waals surface area contributed by atoms with Crippen molar-refractivity contribution in [1.82, 2.24) is 24.7 Å². The minimum absolute atomic E-state index is 0.447. The van der Waals surface area contributed by atoms with Crippen molar-refractivity contribution in [1.29, 1.82) is 0 Å². The van der Waals surface area contributed by atoms with E-state index in [9.17, 15) is 0 Å². The van der Waals surface area contributed by atoms with Crippen LogP contribution in [0, 0.1) is 0 Å². The lowest BCUT2D eigenvalue weighted by Gasteiger charge is -2.12. The van der Waals surface area contributed by atoms with E-state index in [0.717, 1.165) is 34.6 Å². The van der Waals surface area contributed by atoms with Crippen molar-refractivity contribution in [2.24, 2.45) is 0 Å². The minimum atomic E-state index is 0.447. The summed E-state index contributed by atoms with van der Waals surface area (Å²) in [4.78, 5) is 11.7. The van der Waals surface area contributed by atoms with Crippen molar-refractivity contribution in [2.45, 2.75) is 35.3 Å². The summed E-state index contributed by atoms with van der Waals surface area (Å²) in [6.45, 7) is 0. The van der Waals surface area contributed by atoms with Gasteiger partial charge in [0, 0.05) is 15.7 Å². The first kappa shape index (κ1) is 16.9. The number of hydrogen-bond donors (Lipinski definition) is 1. The summed E-state index contributed by atoms with van der Waals surface area (Å²) in [7, 11) is 0. The Labute approximate surface area is 169 Å². The fourth-order valence-electron chi connectivity index (χ4n) is 3.43. The zero-order valence-electron chi connectivity index (χ0n) is 14.3. The molecule has 0 aliphatic heterocycles. The zero-order valence-corrected chi connectivity index (χ0v) is 16.7. The number of nitrogens with two attached hydrogens (primary N) is 1. The second-order valence-corrected chi connectivity index (χ2v) is 8.68. The molecule has 1 aliphatic carbocycles. The van der Waals surface area contributed by atoms with Crippen LogP contribution in [0.4, 0.5) is 5.82 Å². The number of nitrogens with zero attached hydrogens (tertiary/aromatic N) is 5. The van der Waals surface area contributed by atoms with Gasteiger partial charge >= 0.3 is 0 Å². The number of benzene rings is 1. The van der Waals surface area contributed by atoms with Gasteiger partial charge in [-0.3, -0.25) is 0 Å². The second kappa shape index (κ2) is 6.74. The van der Waals surface area contributed by atoms with Gasteiger partial charge in [-0.2, -0.15) is 5.10 Å². The third-order valence-corrected chi connectivity index (χ3v) is 6.91. The number of aromatic nitrogens is 5. The molecule has 9 heteroatoms. The smallest absolute Gasteiger partial charge is 0.191 e. The molecule has 4 aromatic rings. The standard InChI is InChI=1S/C18H16N6S3/c19-15-14-11-7-4-8-12(11)27-16(14)21-17(20-15)26-9-13-22-23-18(25)24(13)10-5-2-1-3-6-10/h1-3,5-6H,4,7-9H2,(H,23,25)(H2,19,20,21)/p-1. The average molecular weight is 412 g/mol. The SMILES string of the molecule is Nc1nc(SCc2nnc([S-])n2-c2ccccc2)nc2sc3c(c12)CCC3. The van der Waals surface area contributed by atoms with E-state index in [1.807, 2.05) is 34.9 Å². The number of anilines is 1. The number of rotatable bonds is 4. The Kier molecular flexibility index (Phi) is 4.22. The lowest BCUT2D eigenvalue weighted by atomic mass is 10.2. The molecule has 2 N–H and O–H groups in total. The fourth-order valence-corrected chi connectivity index (χ4v) is 5.77. The number of para-hydroxylation sites is 1. The fraction of sp³-hybridized carbons (Fsp3) is 0.222. The highest BCUT2D eigenvalue weighted by Crippen LogP contribution is 2.39. The molecule has 3 aromatic heterocycles. The molecule has 0 unspecified atom stereocenters. The molecule has 1 aromatic carbocycles. The van der Waals surface area contributed by atoms with Gasteiger partial charge in [0.25, 0.3) is 0 Å². The van der Waals surface area contributed by atoms with Gasteiger partial charge in [-0.05, 0) is 37.0 Å². The molecule has 136 valence electrons. The summed E-state index contributed by atoms with van der Waals surface area (Å²) in [5.74, 6) is 1.91. The third kappa shape index (κ3) is 2.95. The first-order chi connectivity index (χ1) is 13.2. The van der Waals surface area contributed by atoms with Crippen LogP contribution in [-0.4, -0.2) is 24.7 Å². The number of nitrogen functional groups attached to an aromatic ring is 1. The molecular formula is C18H15N6S3-. The van der Waals surface area contributed by atoms with Crippen LogP contribution >= 0.6 is 23.1 Å². The highest BCUT2D eigenvalue weighted by atomic mass is 32.2. The summed E-state index contributed by atoms with van der Waals surface area (Å²) >= 11 is 8.58. The van der Waals surface area contributed by atoms with Crippen LogP contribution < -0.4 is 5.73 Å². The number of hydrogen-bond acceptors (Lipinski definition) is 8. The van der Waals surface area contributed by atoms with Crippen LogP contribution in [0.1, 0.15) is 22.7 Å². The number of thioether (sulfide) groups is 1. The molecule has 0 fully saturated rings. The molecule has 0 saturated heterocycles. The zero-order chi connectivity index (χ0) is 18.4. The number of fused-ring (bicyclic) bond motifs is 3. The Balaban J connectivity index is 1.44. The molecule has 0 spiro atoms. The van der Waals surface area contributed by atoms with E-state index in [2.05, 4.69) is 15.2 Å². The van der Waals surface area contributed by atoms with E-state index < -0.39 is 0 Å². The van der Waals surface area contributed by atoms with Gasteiger partial charge in [0.15, 0.2) is 5.16 Å². The lowest BCUT2D eigenvalue weighted by Crippen LogP contribution is -2.02. The summed E-state index contributed by atoms with van der Waals surface area (Å²) < 4.78 is 1.88. The normalized spacial score (nSPS) is 13.3. The maximum absolute atomic E-state index is 6.26. The van der Waals surface area contributed by atoms with Crippen LogP contribution in [0.5, 0.6) is 0 Å². The van der Waals surface area contributed by atoms with Crippen LogP contribution in [-0.2, 0) is 31.2 Å². The van der Waals surface area contributed by atoms with Crippen molar-refractivity contribution in [3.05, 3.63) is 46.6 Å². The summed E-state index contributed by atoms with van der Waals surface area (Å²) in [6.07, 6.45) is 3.41. The van der Waals surface area contributed by atoms with E-state index in [0.29, 0.717) is 21.9 Å². The average Bonchev–Trinajstić information content (AvgIpc) is 3.34. The Morgan fingerprint density at radius 1 is 1.15 bits per heavy atom. The first-order valence-corrected chi connectivity index (χ1v) is 10.8. The van der Waals surface area contributed by atoms with Crippen LogP contribution in [0.2, 0.25) is 0 Å². The molecule has 0 radical (unpaired) electrons. The van der Waals surface area contributed by atoms with E-state index in [-0.39, 0.29) is 0 Å². The Morgan fingerprint density at radius 2 is 2.00 bits per heavy atom. The lowest BCUT2D eigenvalue weighted by molar-refractivity contribution is 0.867. The quantitative estimate of drug-likeness (QED) is 0.312. The number of aryl methyl sites for hydroxylation is 2. The molecule has 0 amide bonds. The maximum Gasteiger partial charge on any atom is 0.191 e. The first-order valence-electron chi connectivity index (χ1n) is 8.58. The summed E-state index contributed by atoms with van der Waals surface area (Å²) in [5, 5.41) is 10.5. The predicted molar refractivity (Wildman–Crippen MR) is 110 cm³/mol. The monoisotopic (exact) mass is 411 g/mol. The molecule has 3 heterocycles. The summed E-state index contributed by atoms with van der Waals surface area (Å²) in [5.41, 5.74) is 8.56. The van der Waals surface area contributed by atoms with Gasteiger partial charge in [0.2, 0.25) is 0 Å². The van der Waals surface area contributed by atoms with E-state index in [1.54, 1.807) is 11.3 Å².